The Kier molecular flexibility index (Phi) is 7.39. The number of aryl methyl sites for hydroxylation is 1. The van der Waals surface area contributed by atoms with E-state index in [-0.39, 0.29) is 19.3 Å². The van der Waals surface area contributed by atoms with Gasteiger partial charge in [-0.1, -0.05) is 30.3 Å². The first kappa shape index (κ1) is 26.1. The molecule has 4 rings (SSSR count). The SMILES string of the molecule is Cc1ccc(C(OCc2cn[nH]n2)C(C)(C)C(=O)O)cc1CN1CC(C)Oc2ccccc2S1(O)O. The van der Waals surface area contributed by atoms with Gasteiger partial charge in [-0.15, -0.1) is 10.8 Å². The minimum Gasteiger partial charge on any atom is -0.487 e. The maximum atomic E-state index is 12.1. The van der Waals surface area contributed by atoms with Gasteiger partial charge in [0, 0.05) is 6.54 Å². The number of hydrogen-bond donors (Lipinski definition) is 4. The lowest BCUT2D eigenvalue weighted by Gasteiger charge is -2.42. The molecule has 0 radical (unpaired) electrons. The first-order valence-corrected chi connectivity index (χ1v) is 13.1. The van der Waals surface area contributed by atoms with Crippen LogP contribution in [0.4, 0.5) is 0 Å². The fourth-order valence-electron chi connectivity index (χ4n) is 4.22. The number of H-pyrrole nitrogens is 1. The van der Waals surface area contributed by atoms with Crippen molar-refractivity contribution < 1.29 is 28.5 Å². The number of rotatable bonds is 8. The van der Waals surface area contributed by atoms with Crippen LogP contribution >= 0.6 is 10.8 Å². The summed E-state index contributed by atoms with van der Waals surface area (Å²) in [5, 5.41) is 20.2. The highest BCUT2D eigenvalue weighted by molar-refractivity contribution is 8.22. The van der Waals surface area contributed by atoms with Crippen LogP contribution in [0.2, 0.25) is 0 Å². The highest BCUT2D eigenvalue weighted by atomic mass is 32.3. The molecule has 1 aromatic heterocycles. The third-order valence-electron chi connectivity index (χ3n) is 6.39. The summed E-state index contributed by atoms with van der Waals surface area (Å²) in [5.74, 6) is -0.540. The van der Waals surface area contributed by atoms with E-state index in [1.165, 1.54) is 6.20 Å². The Bertz CT molecular complexity index is 1220. The minimum absolute atomic E-state index is 0.0827. The van der Waals surface area contributed by atoms with Crippen molar-refractivity contribution in [1.82, 2.24) is 19.7 Å². The first-order valence-electron chi connectivity index (χ1n) is 11.6. The number of hydrogen-bond acceptors (Lipinski definition) is 8. The van der Waals surface area contributed by atoms with Crippen molar-refractivity contribution in [1.29, 1.82) is 0 Å². The van der Waals surface area contributed by atoms with Crippen molar-refractivity contribution >= 4 is 16.7 Å². The van der Waals surface area contributed by atoms with Gasteiger partial charge in [0.25, 0.3) is 0 Å². The average molecular weight is 517 g/mol. The second kappa shape index (κ2) is 10.2. The number of aromatic amines is 1. The quantitative estimate of drug-likeness (QED) is 0.332. The van der Waals surface area contributed by atoms with Crippen molar-refractivity contribution in [3.8, 4) is 5.75 Å². The fraction of sp³-hybridized carbons (Fsp3) is 0.400. The third-order valence-corrected chi connectivity index (χ3v) is 8.31. The van der Waals surface area contributed by atoms with Crippen molar-refractivity contribution in [3.63, 3.8) is 0 Å². The molecule has 1 aliphatic rings. The summed E-state index contributed by atoms with van der Waals surface area (Å²) in [4.78, 5) is 12.5. The van der Waals surface area contributed by atoms with Gasteiger partial charge < -0.3 is 14.6 Å². The molecule has 0 bridgehead atoms. The molecule has 2 aromatic carbocycles. The number of aromatic nitrogens is 3. The number of nitrogens with one attached hydrogen (secondary N) is 1. The Labute approximate surface area is 211 Å². The van der Waals surface area contributed by atoms with E-state index in [4.69, 9.17) is 9.47 Å². The number of carboxylic acids is 1. The van der Waals surface area contributed by atoms with Crippen LogP contribution in [0.5, 0.6) is 5.75 Å². The first-order chi connectivity index (χ1) is 17.0. The van der Waals surface area contributed by atoms with Crippen LogP contribution in [0.3, 0.4) is 0 Å². The van der Waals surface area contributed by atoms with E-state index in [1.807, 2.05) is 32.0 Å². The predicted molar refractivity (Wildman–Crippen MR) is 135 cm³/mol. The van der Waals surface area contributed by atoms with Crippen LogP contribution in [-0.2, 0) is 22.7 Å². The van der Waals surface area contributed by atoms with Crippen LogP contribution in [0.1, 0.15) is 49.3 Å². The van der Waals surface area contributed by atoms with E-state index in [0.717, 1.165) is 11.1 Å². The molecule has 0 aliphatic carbocycles. The second-order valence-electron chi connectivity index (χ2n) is 9.58. The highest BCUT2D eigenvalue weighted by Gasteiger charge is 2.40. The fourth-order valence-corrected chi connectivity index (χ4v) is 5.89. The van der Waals surface area contributed by atoms with E-state index in [1.54, 1.807) is 42.4 Å². The Hall–Kier alpha value is -2.96. The molecule has 3 aromatic rings. The van der Waals surface area contributed by atoms with Crippen molar-refractivity contribution in [2.24, 2.45) is 5.41 Å². The molecule has 194 valence electrons. The second-order valence-corrected chi connectivity index (χ2v) is 11.6. The van der Waals surface area contributed by atoms with E-state index < -0.39 is 28.3 Å². The van der Waals surface area contributed by atoms with Gasteiger partial charge >= 0.3 is 5.97 Å². The number of carboxylic acid groups (broad SMARTS) is 1. The molecule has 2 unspecified atom stereocenters. The number of ether oxygens (including phenoxy) is 2. The van der Waals surface area contributed by atoms with Crippen LogP contribution in [0, 0.1) is 12.3 Å². The summed E-state index contributed by atoms with van der Waals surface area (Å²) in [6.07, 6.45) is 0.461. The normalized spacial score (nSPS) is 19.6. The number of aliphatic carboxylic acids is 1. The van der Waals surface area contributed by atoms with E-state index in [0.29, 0.717) is 28.4 Å². The largest absolute Gasteiger partial charge is 0.487 e. The lowest BCUT2D eigenvalue weighted by molar-refractivity contribution is -0.158. The van der Waals surface area contributed by atoms with Gasteiger partial charge in [0.05, 0.1) is 30.9 Å². The highest BCUT2D eigenvalue weighted by Crippen LogP contribution is 2.57. The summed E-state index contributed by atoms with van der Waals surface area (Å²) >= 11 is 0. The van der Waals surface area contributed by atoms with Gasteiger partial charge in [0.2, 0.25) is 0 Å². The molecule has 11 heteroatoms. The van der Waals surface area contributed by atoms with Gasteiger partial charge in [-0.25, -0.2) is 0 Å². The number of fused-ring (bicyclic) bond motifs is 1. The summed E-state index contributed by atoms with van der Waals surface area (Å²) in [6.45, 7) is 7.66. The zero-order chi connectivity index (χ0) is 26.1. The lowest BCUT2D eigenvalue weighted by Crippen LogP contribution is -2.34. The van der Waals surface area contributed by atoms with Crippen LogP contribution < -0.4 is 4.74 Å². The molecule has 0 amide bonds. The van der Waals surface area contributed by atoms with E-state index in [9.17, 15) is 19.0 Å². The summed E-state index contributed by atoms with van der Waals surface area (Å²) < 4.78 is 36.2. The van der Waals surface area contributed by atoms with Crippen LogP contribution in [0.25, 0.3) is 0 Å². The molecule has 2 atom stereocenters. The molecule has 4 N–H and O–H groups in total. The smallest absolute Gasteiger partial charge is 0.312 e. The maximum absolute atomic E-state index is 12.1. The summed E-state index contributed by atoms with van der Waals surface area (Å²) in [5.41, 5.74) is 1.74. The summed E-state index contributed by atoms with van der Waals surface area (Å²) in [7, 11) is -3.32. The molecule has 0 saturated heterocycles. The Morgan fingerprint density at radius 1 is 1.31 bits per heavy atom. The number of carbonyl (C=O) groups is 1. The number of nitrogens with zero attached hydrogens (tertiary/aromatic N) is 3. The molecule has 10 nitrogen and oxygen atoms in total. The topological polar surface area (TPSA) is 141 Å². The Balaban J connectivity index is 1.67. The molecular weight excluding hydrogens is 484 g/mol. The van der Waals surface area contributed by atoms with Crippen molar-refractivity contribution in [3.05, 3.63) is 71.0 Å². The third kappa shape index (κ3) is 5.25. The zero-order valence-electron chi connectivity index (χ0n) is 20.7. The minimum atomic E-state index is -3.32. The Morgan fingerprint density at radius 3 is 2.75 bits per heavy atom. The lowest BCUT2D eigenvalue weighted by atomic mass is 9.81. The van der Waals surface area contributed by atoms with E-state index in [2.05, 4.69) is 15.4 Å². The zero-order valence-corrected chi connectivity index (χ0v) is 21.5. The van der Waals surface area contributed by atoms with Crippen molar-refractivity contribution in [2.45, 2.75) is 58.0 Å². The summed E-state index contributed by atoms with van der Waals surface area (Å²) in [6, 6.07) is 12.6. The average Bonchev–Trinajstić information content (AvgIpc) is 3.31. The predicted octanol–water partition coefficient (Wildman–Crippen LogP) is 4.79. The molecule has 1 aliphatic heterocycles. The molecule has 2 heterocycles. The monoisotopic (exact) mass is 516 g/mol. The van der Waals surface area contributed by atoms with Gasteiger partial charge in [-0.2, -0.15) is 19.7 Å². The molecule has 0 spiro atoms. The molecule has 0 saturated carbocycles. The molecular formula is C25H32N4O6S. The van der Waals surface area contributed by atoms with Crippen molar-refractivity contribution in [2.75, 3.05) is 6.54 Å². The van der Waals surface area contributed by atoms with Gasteiger partial charge in [0.15, 0.2) is 0 Å². The van der Waals surface area contributed by atoms with Crippen LogP contribution in [0.15, 0.2) is 53.6 Å². The van der Waals surface area contributed by atoms with Gasteiger partial charge in [0.1, 0.15) is 22.4 Å². The standard InChI is InChI=1S/C25H32N4O6S/c1-16-9-10-18(23(25(3,4)24(30)31)34-15-20-12-26-28-27-20)11-19(16)14-29-13-17(2)35-21-7-5-6-8-22(21)36(29,32)33/h5-12,17,23,32-33H,13-15H2,1-4H3,(H,30,31)(H,26,27,28). The van der Waals surface area contributed by atoms with Crippen LogP contribution in [-0.4, -0.2) is 52.5 Å². The van der Waals surface area contributed by atoms with Gasteiger partial charge in [-0.3, -0.25) is 13.9 Å². The number of para-hydroxylation sites is 1. The molecule has 0 fully saturated rings. The van der Waals surface area contributed by atoms with E-state index >= 15 is 0 Å². The van der Waals surface area contributed by atoms with Gasteiger partial charge in [-0.05, 0) is 56.5 Å². The number of benzene rings is 2. The Morgan fingerprint density at radius 2 is 2.06 bits per heavy atom. The molecule has 36 heavy (non-hydrogen) atoms. The maximum Gasteiger partial charge on any atom is 0.312 e.